The zero-order valence-corrected chi connectivity index (χ0v) is 16.3. The monoisotopic (exact) mass is 382 g/mol. The lowest BCUT2D eigenvalue weighted by Crippen LogP contribution is -2.48. The van der Waals surface area contributed by atoms with Crippen LogP contribution in [0.1, 0.15) is 24.3 Å². The third kappa shape index (κ3) is 4.57. The molecule has 0 aliphatic carbocycles. The Bertz CT molecular complexity index is 799. The van der Waals surface area contributed by atoms with Crippen LogP contribution in [0.5, 0.6) is 0 Å². The molecule has 28 heavy (non-hydrogen) atoms. The number of carbonyl (C=O) groups excluding carboxylic acids is 2. The zero-order chi connectivity index (χ0) is 19.9. The molecule has 8 nitrogen and oxygen atoms in total. The van der Waals surface area contributed by atoms with E-state index in [9.17, 15) is 9.59 Å². The standard InChI is InChI=1S/C20H26N6O2/c1-3-25(4-2)17-7-5-16(6-8-17)22-20-21-10-9-18(23-20)19(28)26-13-11-24(15-27)12-14-26/h5-10,15H,3-4,11-14H2,1-2H3,(H,21,22,23). The van der Waals surface area contributed by atoms with E-state index in [2.05, 4.69) is 46.2 Å². The maximum atomic E-state index is 12.7. The van der Waals surface area contributed by atoms with Crippen molar-refractivity contribution in [2.24, 2.45) is 0 Å². The third-order valence-electron chi connectivity index (χ3n) is 4.88. The van der Waals surface area contributed by atoms with Crippen LogP contribution in [-0.2, 0) is 4.79 Å². The van der Waals surface area contributed by atoms with E-state index in [1.807, 2.05) is 12.1 Å². The second-order valence-corrected chi connectivity index (χ2v) is 6.54. The molecule has 2 amide bonds. The van der Waals surface area contributed by atoms with E-state index in [0.29, 0.717) is 37.8 Å². The summed E-state index contributed by atoms with van der Waals surface area (Å²) in [6.07, 6.45) is 2.40. The Morgan fingerprint density at radius 1 is 1.11 bits per heavy atom. The van der Waals surface area contributed by atoms with Crippen molar-refractivity contribution in [3.05, 3.63) is 42.2 Å². The van der Waals surface area contributed by atoms with Crippen molar-refractivity contribution in [1.29, 1.82) is 0 Å². The van der Waals surface area contributed by atoms with Gasteiger partial charge in [0.05, 0.1) is 0 Å². The molecule has 3 rings (SSSR count). The summed E-state index contributed by atoms with van der Waals surface area (Å²) in [5.41, 5.74) is 2.37. The smallest absolute Gasteiger partial charge is 0.272 e. The maximum absolute atomic E-state index is 12.7. The first-order chi connectivity index (χ1) is 13.6. The molecule has 1 aliphatic heterocycles. The SMILES string of the molecule is CCN(CC)c1ccc(Nc2nccc(C(=O)N3CCN(C=O)CC3)n2)cc1. The second kappa shape index (κ2) is 9.16. The van der Waals surface area contributed by atoms with Crippen molar-refractivity contribution in [2.75, 3.05) is 49.5 Å². The number of amides is 2. The van der Waals surface area contributed by atoms with Gasteiger partial charge in [-0.2, -0.15) is 0 Å². The molecule has 148 valence electrons. The summed E-state index contributed by atoms with van der Waals surface area (Å²) in [6, 6.07) is 9.67. The van der Waals surface area contributed by atoms with Crippen molar-refractivity contribution >= 4 is 29.6 Å². The minimum absolute atomic E-state index is 0.145. The number of carbonyl (C=O) groups is 2. The molecule has 1 saturated heterocycles. The fourth-order valence-electron chi connectivity index (χ4n) is 3.20. The van der Waals surface area contributed by atoms with Crippen LogP contribution in [0.4, 0.5) is 17.3 Å². The molecule has 1 fully saturated rings. The lowest BCUT2D eigenvalue weighted by Gasteiger charge is -2.32. The number of nitrogens with one attached hydrogen (secondary N) is 1. The van der Waals surface area contributed by atoms with Crippen molar-refractivity contribution in [1.82, 2.24) is 19.8 Å². The van der Waals surface area contributed by atoms with Gasteiger partial charge >= 0.3 is 0 Å². The molecule has 1 aliphatic rings. The summed E-state index contributed by atoms with van der Waals surface area (Å²) in [5.74, 6) is 0.237. The molecule has 2 heterocycles. The number of piperazine rings is 1. The van der Waals surface area contributed by atoms with Gasteiger partial charge < -0.3 is 20.0 Å². The number of hydrogen-bond donors (Lipinski definition) is 1. The van der Waals surface area contributed by atoms with Crippen LogP contribution >= 0.6 is 0 Å². The van der Waals surface area contributed by atoms with Crippen LogP contribution in [0.25, 0.3) is 0 Å². The summed E-state index contributed by atoms with van der Waals surface area (Å²) < 4.78 is 0. The highest BCUT2D eigenvalue weighted by Gasteiger charge is 2.22. The van der Waals surface area contributed by atoms with Gasteiger partial charge in [0.25, 0.3) is 5.91 Å². The Labute approximate surface area is 165 Å². The topological polar surface area (TPSA) is 81.7 Å². The number of benzene rings is 1. The summed E-state index contributed by atoms with van der Waals surface area (Å²) in [5, 5.41) is 3.15. The third-order valence-corrected chi connectivity index (χ3v) is 4.88. The predicted octanol–water partition coefficient (Wildman–Crippen LogP) is 1.98. The highest BCUT2D eigenvalue weighted by atomic mass is 16.2. The average molecular weight is 382 g/mol. The van der Waals surface area contributed by atoms with Crippen LogP contribution in [0.2, 0.25) is 0 Å². The molecule has 1 N–H and O–H groups in total. The number of nitrogens with zero attached hydrogens (tertiary/aromatic N) is 5. The van der Waals surface area contributed by atoms with Gasteiger partial charge in [-0.05, 0) is 44.2 Å². The predicted molar refractivity (Wildman–Crippen MR) is 109 cm³/mol. The molecule has 1 aromatic carbocycles. The maximum Gasteiger partial charge on any atom is 0.272 e. The van der Waals surface area contributed by atoms with Crippen LogP contribution in [0.15, 0.2) is 36.5 Å². The Kier molecular flexibility index (Phi) is 6.41. The number of rotatable bonds is 7. The first kappa shape index (κ1) is 19.6. The van der Waals surface area contributed by atoms with Gasteiger partial charge in [-0.15, -0.1) is 0 Å². The van der Waals surface area contributed by atoms with Crippen LogP contribution in [0.3, 0.4) is 0 Å². The molecule has 0 radical (unpaired) electrons. The summed E-state index contributed by atoms with van der Waals surface area (Å²) in [6.45, 7) is 8.29. The van der Waals surface area contributed by atoms with Gasteiger partial charge in [0.15, 0.2) is 0 Å². The molecule has 0 saturated carbocycles. The van der Waals surface area contributed by atoms with Gasteiger partial charge in [-0.3, -0.25) is 9.59 Å². The molecule has 0 spiro atoms. The molecule has 0 atom stereocenters. The first-order valence-corrected chi connectivity index (χ1v) is 9.58. The molecule has 0 bridgehead atoms. The van der Waals surface area contributed by atoms with E-state index >= 15 is 0 Å². The molecule has 1 aromatic heterocycles. The van der Waals surface area contributed by atoms with Crippen LogP contribution in [-0.4, -0.2) is 71.4 Å². The fraction of sp³-hybridized carbons (Fsp3) is 0.400. The molecular weight excluding hydrogens is 356 g/mol. The highest BCUT2D eigenvalue weighted by Crippen LogP contribution is 2.20. The van der Waals surface area contributed by atoms with E-state index in [1.165, 1.54) is 0 Å². The first-order valence-electron chi connectivity index (χ1n) is 9.58. The van der Waals surface area contributed by atoms with Crippen molar-refractivity contribution < 1.29 is 9.59 Å². The van der Waals surface area contributed by atoms with Gasteiger partial charge in [0, 0.05) is 56.8 Å². The minimum Gasteiger partial charge on any atom is -0.372 e. The zero-order valence-electron chi connectivity index (χ0n) is 16.3. The lowest BCUT2D eigenvalue weighted by molar-refractivity contribution is -0.119. The molecule has 2 aromatic rings. The Morgan fingerprint density at radius 2 is 1.79 bits per heavy atom. The Morgan fingerprint density at radius 3 is 2.39 bits per heavy atom. The van der Waals surface area contributed by atoms with Crippen molar-refractivity contribution in [3.8, 4) is 0 Å². The van der Waals surface area contributed by atoms with Crippen molar-refractivity contribution in [2.45, 2.75) is 13.8 Å². The van der Waals surface area contributed by atoms with Gasteiger partial charge in [-0.25, -0.2) is 9.97 Å². The number of hydrogen-bond acceptors (Lipinski definition) is 6. The highest BCUT2D eigenvalue weighted by molar-refractivity contribution is 5.92. The minimum atomic E-state index is -0.145. The van der Waals surface area contributed by atoms with Crippen LogP contribution < -0.4 is 10.2 Å². The Hall–Kier alpha value is -3.16. The molecular formula is C20H26N6O2. The normalized spacial score (nSPS) is 13.9. The largest absolute Gasteiger partial charge is 0.372 e. The average Bonchev–Trinajstić information content (AvgIpc) is 2.75. The molecule has 0 unspecified atom stereocenters. The van der Waals surface area contributed by atoms with Gasteiger partial charge in [0.2, 0.25) is 12.4 Å². The lowest BCUT2D eigenvalue weighted by atomic mass is 10.2. The van der Waals surface area contributed by atoms with Gasteiger partial charge in [0.1, 0.15) is 5.69 Å². The summed E-state index contributed by atoms with van der Waals surface area (Å²) >= 11 is 0. The summed E-state index contributed by atoms with van der Waals surface area (Å²) in [4.78, 5) is 37.7. The van der Waals surface area contributed by atoms with E-state index in [4.69, 9.17) is 0 Å². The second-order valence-electron chi connectivity index (χ2n) is 6.54. The number of anilines is 3. The van der Waals surface area contributed by atoms with E-state index in [0.717, 1.165) is 30.9 Å². The fourth-order valence-corrected chi connectivity index (χ4v) is 3.20. The van der Waals surface area contributed by atoms with Gasteiger partial charge in [-0.1, -0.05) is 0 Å². The quantitative estimate of drug-likeness (QED) is 0.738. The van der Waals surface area contributed by atoms with Crippen LogP contribution in [0, 0.1) is 0 Å². The van der Waals surface area contributed by atoms with E-state index < -0.39 is 0 Å². The Balaban J connectivity index is 1.66. The van der Waals surface area contributed by atoms with E-state index in [-0.39, 0.29) is 5.91 Å². The van der Waals surface area contributed by atoms with E-state index in [1.54, 1.807) is 22.1 Å². The molecule has 8 heteroatoms. The summed E-state index contributed by atoms with van der Waals surface area (Å²) in [7, 11) is 0. The number of aromatic nitrogens is 2. The van der Waals surface area contributed by atoms with Crippen molar-refractivity contribution in [3.63, 3.8) is 0 Å².